The van der Waals surface area contributed by atoms with Crippen LogP contribution in [0.4, 0.5) is 22.0 Å². The first kappa shape index (κ1) is 23.3. The third-order valence-corrected chi connectivity index (χ3v) is 4.63. The number of nitrogens with one attached hydrogen (secondary N) is 1. The fourth-order valence-corrected chi connectivity index (χ4v) is 3.43. The van der Waals surface area contributed by atoms with Gasteiger partial charge in [-0.15, -0.1) is 11.3 Å². The summed E-state index contributed by atoms with van der Waals surface area (Å²) in [6.45, 7) is 0.498. The van der Waals surface area contributed by atoms with Crippen molar-refractivity contribution >= 4 is 34.4 Å². The molecule has 0 radical (unpaired) electrons. The van der Waals surface area contributed by atoms with E-state index in [-0.39, 0.29) is 28.6 Å². The molecule has 0 saturated heterocycles. The minimum atomic E-state index is -4.58. The van der Waals surface area contributed by atoms with E-state index in [1.165, 1.54) is 59.2 Å². The van der Waals surface area contributed by atoms with Crippen molar-refractivity contribution < 1.29 is 36.2 Å². The van der Waals surface area contributed by atoms with Gasteiger partial charge in [-0.3, -0.25) is 9.20 Å². The SMILES string of the molecule is C=C(C)Oc1c(C=Cc2nc3sccn3c2C(=O)NCC(F)(F)F)cccc1OC(F)F. The summed E-state index contributed by atoms with van der Waals surface area (Å²) in [5.74, 6) is -1.04. The molecule has 1 aromatic carbocycles. The lowest BCUT2D eigenvalue weighted by molar-refractivity contribution is -0.123. The minimum absolute atomic E-state index is 0.0411. The van der Waals surface area contributed by atoms with Crippen LogP contribution in [0.15, 0.2) is 42.1 Å². The summed E-state index contributed by atoms with van der Waals surface area (Å²) in [6, 6.07) is 4.27. The highest BCUT2D eigenvalue weighted by molar-refractivity contribution is 7.15. The molecule has 2 aromatic heterocycles. The van der Waals surface area contributed by atoms with Crippen LogP contribution in [0, 0.1) is 0 Å². The molecule has 6 nitrogen and oxygen atoms in total. The predicted molar refractivity (Wildman–Crippen MR) is 109 cm³/mol. The van der Waals surface area contributed by atoms with E-state index in [2.05, 4.69) is 16.3 Å². The first-order valence-corrected chi connectivity index (χ1v) is 9.83. The molecule has 32 heavy (non-hydrogen) atoms. The Bertz CT molecular complexity index is 1170. The maximum Gasteiger partial charge on any atom is 0.405 e. The van der Waals surface area contributed by atoms with Crippen LogP contribution in [-0.4, -0.2) is 34.6 Å². The second-order valence-electron chi connectivity index (χ2n) is 6.39. The largest absolute Gasteiger partial charge is 0.458 e. The Morgan fingerprint density at radius 2 is 2.09 bits per heavy atom. The summed E-state index contributed by atoms with van der Waals surface area (Å²) < 4.78 is 74.3. The molecule has 170 valence electrons. The molecule has 12 heteroatoms. The first-order chi connectivity index (χ1) is 15.0. The maximum atomic E-state index is 12.7. The van der Waals surface area contributed by atoms with Crippen LogP contribution < -0.4 is 14.8 Å². The molecule has 0 aliphatic heterocycles. The lowest BCUT2D eigenvalue weighted by Crippen LogP contribution is -2.34. The van der Waals surface area contributed by atoms with Crippen molar-refractivity contribution in [3.63, 3.8) is 0 Å². The standard InChI is InChI=1S/C20H16F5N3O3S/c1-11(2)30-16-12(4-3-5-14(16)31-18(21)22)6-7-13-15(17(29)26-10-20(23,24)25)28-8-9-32-19(28)27-13/h3-9,18H,1,10H2,2H3,(H,26,29). The second-order valence-corrected chi connectivity index (χ2v) is 7.26. The summed E-state index contributed by atoms with van der Waals surface area (Å²) in [4.78, 5) is 17.1. The quantitative estimate of drug-likeness (QED) is 0.353. The third kappa shape index (κ3) is 5.63. The smallest absolute Gasteiger partial charge is 0.405 e. The number of rotatable bonds is 8. The first-order valence-electron chi connectivity index (χ1n) is 8.95. The van der Waals surface area contributed by atoms with Crippen molar-refractivity contribution in [2.45, 2.75) is 19.7 Å². The van der Waals surface area contributed by atoms with Crippen molar-refractivity contribution in [2.24, 2.45) is 0 Å². The number of aromatic nitrogens is 2. The Balaban J connectivity index is 1.99. The molecule has 0 saturated carbocycles. The monoisotopic (exact) mass is 473 g/mol. The van der Waals surface area contributed by atoms with Gasteiger partial charge in [-0.25, -0.2) is 4.98 Å². The number of fused-ring (bicyclic) bond motifs is 1. The Hall–Kier alpha value is -3.41. The van der Waals surface area contributed by atoms with E-state index >= 15 is 0 Å². The summed E-state index contributed by atoms with van der Waals surface area (Å²) in [5, 5.41) is 3.45. The van der Waals surface area contributed by atoms with Gasteiger partial charge in [0.2, 0.25) is 0 Å². The van der Waals surface area contributed by atoms with Crippen molar-refractivity contribution in [3.05, 3.63) is 59.1 Å². The van der Waals surface area contributed by atoms with Gasteiger partial charge in [0.05, 0.1) is 11.5 Å². The summed E-state index contributed by atoms with van der Waals surface area (Å²) in [7, 11) is 0. The van der Waals surface area contributed by atoms with Gasteiger partial charge >= 0.3 is 12.8 Å². The number of amides is 1. The van der Waals surface area contributed by atoms with Crippen molar-refractivity contribution in [2.75, 3.05) is 6.54 Å². The summed E-state index contributed by atoms with van der Waals surface area (Å²) in [6.07, 6.45) is -0.290. The number of halogens is 5. The Morgan fingerprint density at radius 1 is 1.34 bits per heavy atom. The average molecular weight is 473 g/mol. The Labute approximate surface area is 182 Å². The number of hydrogen-bond donors (Lipinski definition) is 1. The number of hydrogen-bond acceptors (Lipinski definition) is 5. The zero-order chi connectivity index (χ0) is 23.5. The molecule has 0 atom stereocenters. The van der Waals surface area contributed by atoms with Crippen LogP contribution in [0.2, 0.25) is 0 Å². The van der Waals surface area contributed by atoms with Gasteiger partial charge in [0, 0.05) is 17.1 Å². The number of alkyl halides is 5. The molecule has 2 heterocycles. The molecular weight excluding hydrogens is 457 g/mol. The summed E-state index contributed by atoms with van der Waals surface area (Å²) >= 11 is 1.18. The highest BCUT2D eigenvalue weighted by Gasteiger charge is 2.29. The Kier molecular flexibility index (Phi) is 6.82. The van der Waals surface area contributed by atoms with Crippen LogP contribution in [-0.2, 0) is 0 Å². The van der Waals surface area contributed by atoms with Gasteiger partial charge in [0.1, 0.15) is 12.2 Å². The van der Waals surface area contributed by atoms with Crippen molar-refractivity contribution in [3.8, 4) is 11.5 Å². The number of benzene rings is 1. The number of carbonyl (C=O) groups excluding carboxylic acids is 1. The third-order valence-electron chi connectivity index (χ3n) is 3.88. The van der Waals surface area contributed by atoms with Gasteiger partial charge in [-0.2, -0.15) is 22.0 Å². The maximum absolute atomic E-state index is 12.7. The molecular formula is C20H16F5N3O3S. The van der Waals surface area contributed by atoms with Crippen molar-refractivity contribution in [1.29, 1.82) is 0 Å². The van der Waals surface area contributed by atoms with Gasteiger partial charge in [-0.1, -0.05) is 18.7 Å². The molecule has 0 aliphatic carbocycles. The van der Waals surface area contributed by atoms with E-state index in [1.54, 1.807) is 5.38 Å². The van der Waals surface area contributed by atoms with Crippen LogP contribution >= 0.6 is 11.3 Å². The number of para-hydroxylation sites is 1. The molecule has 0 bridgehead atoms. The number of carbonyl (C=O) groups is 1. The van der Waals surface area contributed by atoms with Crippen LogP contribution in [0.25, 0.3) is 17.1 Å². The van der Waals surface area contributed by atoms with E-state index in [0.29, 0.717) is 10.5 Å². The predicted octanol–water partition coefficient (Wildman–Crippen LogP) is 5.37. The normalized spacial score (nSPS) is 12.0. The minimum Gasteiger partial charge on any atom is -0.458 e. The second kappa shape index (κ2) is 9.39. The molecule has 1 N–H and O–H groups in total. The van der Waals surface area contributed by atoms with Gasteiger partial charge < -0.3 is 14.8 Å². The zero-order valence-electron chi connectivity index (χ0n) is 16.5. The molecule has 0 aliphatic rings. The number of nitrogens with zero attached hydrogens (tertiary/aromatic N) is 2. The van der Waals surface area contributed by atoms with Gasteiger partial charge in [0.15, 0.2) is 16.5 Å². The number of allylic oxidation sites excluding steroid dienone is 1. The number of ether oxygens (including phenoxy) is 2. The van der Waals surface area contributed by atoms with E-state index in [4.69, 9.17) is 4.74 Å². The molecule has 3 rings (SSSR count). The van der Waals surface area contributed by atoms with Gasteiger partial charge in [0.25, 0.3) is 5.91 Å². The molecule has 1 amide bonds. The van der Waals surface area contributed by atoms with Gasteiger partial charge in [-0.05, 0) is 25.1 Å². The van der Waals surface area contributed by atoms with Crippen LogP contribution in [0.5, 0.6) is 11.5 Å². The van der Waals surface area contributed by atoms with E-state index in [1.807, 2.05) is 5.32 Å². The lowest BCUT2D eigenvalue weighted by Gasteiger charge is -2.14. The Morgan fingerprint density at radius 3 is 2.75 bits per heavy atom. The molecule has 0 unspecified atom stereocenters. The van der Waals surface area contributed by atoms with Crippen LogP contribution in [0.1, 0.15) is 28.7 Å². The summed E-state index contributed by atoms with van der Waals surface area (Å²) in [5.41, 5.74) is 0.270. The fourth-order valence-electron chi connectivity index (χ4n) is 2.71. The highest BCUT2D eigenvalue weighted by atomic mass is 32.1. The topological polar surface area (TPSA) is 64.9 Å². The number of thiazole rings is 1. The highest BCUT2D eigenvalue weighted by Crippen LogP contribution is 2.35. The van der Waals surface area contributed by atoms with Crippen LogP contribution in [0.3, 0.4) is 0 Å². The lowest BCUT2D eigenvalue weighted by atomic mass is 10.1. The number of imidazole rings is 1. The van der Waals surface area contributed by atoms with E-state index in [0.717, 1.165) is 0 Å². The average Bonchev–Trinajstić information content (AvgIpc) is 3.25. The van der Waals surface area contributed by atoms with E-state index < -0.39 is 25.2 Å². The van der Waals surface area contributed by atoms with E-state index in [9.17, 15) is 26.7 Å². The molecule has 0 spiro atoms. The molecule has 0 fully saturated rings. The molecule has 3 aromatic rings. The van der Waals surface area contributed by atoms with Crippen molar-refractivity contribution in [1.82, 2.24) is 14.7 Å². The zero-order valence-corrected chi connectivity index (χ0v) is 17.3. The fraction of sp³-hybridized carbons (Fsp3) is 0.200.